The predicted molar refractivity (Wildman–Crippen MR) is 62.8 cm³/mol. The number of carbonyl (C=O) groups is 2. The lowest BCUT2D eigenvalue weighted by molar-refractivity contribution is 0.0959. The molecule has 0 saturated heterocycles. The Morgan fingerprint density at radius 1 is 1.00 bits per heavy atom. The zero-order valence-electron chi connectivity index (χ0n) is 8.30. The molecule has 0 radical (unpaired) electrons. The second kappa shape index (κ2) is 6.35. The van der Waals surface area contributed by atoms with Gasteiger partial charge < -0.3 is 10.6 Å². The molecule has 0 aliphatic carbocycles. The first-order chi connectivity index (χ1) is 7.69. The van der Waals surface area contributed by atoms with Crippen LogP contribution in [-0.4, -0.2) is 23.8 Å². The Balaban J connectivity index is 2.86. The lowest BCUT2D eigenvalue weighted by Gasteiger charge is -2.04. The van der Waals surface area contributed by atoms with Crippen LogP contribution < -0.4 is 10.6 Å². The zero-order valence-corrected chi connectivity index (χ0v) is 9.81. The van der Waals surface area contributed by atoms with Gasteiger partial charge in [0.1, 0.15) is 0 Å². The van der Waals surface area contributed by atoms with Gasteiger partial charge in [0.25, 0.3) is 11.8 Å². The molecule has 0 aliphatic rings. The van der Waals surface area contributed by atoms with Gasteiger partial charge in [-0.25, -0.2) is 0 Å². The number of amides is 2. The molecule has 1 rings (SSSR count). The molecule has 0 fully saturated rings. The largest absolute Gasteiger partial charge is 0.339 e. The van der Waals surface area contributed by atoms with Crippen LogP contribution in [-0.2, 0) is 0 Å². The molecule has 1 aromatic carbocycles. The van der Waals surface area contributed by atoms with Gasteiger partial charge in [-0.15, -0.1) is 23.2 Å². The summed E-state index contributed by atoms with van der Waals surface area (Å²) in [5.41, 5.74) is 0.755. The summed E-state index contributed by atoms with van der Waals surface area (Å²) in [6, 6.07) is 6.34. The maximum absolute atomic E-state index is 11.4. The summed E-state index contributed by atoms with van der Waals surface area (Å²) < 4.78 is 0. The number of carbonyl (C=O) groups excluding carboxylic acids is 2. The Morgan fingerprint density at radius 2 is 1.44 bits per heavy atom. The highest BCUT2D eigenvalue weighted by molar-refractivity contribution is 6.19. The first kappa shape index (κ1) is 12.8. The van der Waals surface area contributed by atoms with Crippen molar-refractivity contribution in [3.05, 3.63) is 35.4 Å². The fourth-order valence-corrected chi connectivity index (χ4v) is 1.37. The topological polar surface area (TPSA) is 58.2 Å². The third-order valence-corrected chi connectivity index (χ3v) is 2.11. The van der Waals surface area contributed by atoms with Crippen molar-refractivity contribution in [1.29, 1.82) is 0 Å². The van der Waals surface area contributed by atoms with Gasteiger partial charge in [-0.2, -0.15) is 0 Å². The van der Waals surface area contributed by atoms with Crippen LogP contribution in [0.2, 0.25) is 0 Å². The fourth-order valence-electron chi connectivity index (χ4n) is 1.13. The highest BCUT2D eigenvalue weighted by atomic mass is 35.5. The number of benzene rings is 1. The summed E-state index contributed by atoms with van der Waals surface area (Å²) in [6.45, 7) is 0. The highest BCUT2D eigenvalue weighted by Crippen LogP contribution is 2.05. The second-order valence-electron chi connectivity index (χ2n) is 2.86. The Labute approximate surface area is 103 Å². The quantitative estimate of drug-likeness (QED) is 0.638. The number of rotatable bonds is 4. The average Bonchev–Trinajstić information content (AvgIpc) is 2.30. The van der Waals surface area contributed by atoms with Crippen molar-refractivity contribution in [2.45, 2.75) is 0 Å². The summed E-state index contributed by atoms with van der Waals surface area (Å²) in [6.07, 6.45) is 0. The van der Waals surface area contributed by atoms with Gasteiger partial charge in [0.05, 0.1) is 12.0 Å². The van der Waals surface area contributed by atoms with Crippen LogP contribution in [0.1, 0.15) is 20.7 Å². The van der Waals surface area contributed by atoms with E-state index >= 15 is 0 Å². The van der Waals surface area contributed by atoms with E-state index in [1.165, 1.54) is 6.07 Å². The number of hydrogen-bond donors (Lipinski definition) is 2. The summed E-state index contributed by atoms with van der Waals surface area (Å²) in [5, 5.41) is 4.86. The van der Waals surface area contributed by atoms with Gasteiger partial charge in [0, 0.05) is 11.1 Å². The molecule has 0 aliphatic heterocycles. The first-order valence-corrected chi connectivity index (χ1v) is 5.54. The molecule has 0 unspecified atom stereocenters. The molecule has 0 bridgehead atoms. The van der Waals surface area contributed by atoms with E-state index in [2.05, 4.69) is 10.6 Å². The molecule has 86 valence electrons. The maximum atomic E-state index is 11.4. The van der Waals surface area contributed by atoms with Crippen LogP contribution in [0, 0.1) is 0 Å². The van der Waals surface area contributed by atoms with Gasteiger partial charge in [0.2, 0.25) is 0 Å². The van der Waals surface area contributed by atoms with Gasteiger partial charge in [-0.05, 0) is 18.2 Å². The monoisotopic (exact) mass is 260 g/mol. The van der Waals surface area contributed by atoms with Gasteiger partial charge >= 0.3 is 0 Å². The minimum absolute atomic E-state index is 0.0247. The molecule has 0 aromatic heterocycles. The molecule has 0 spiro atoms. The van der Waals surface area contributed by atoms with E-state index in [9.17, 15) is 9.59 Å². The van der Waals surface area contributed by atoms with Crippen molar-refractivity contribution in [3.63, 3.8) is 0 Å². The summed E-state index contributed by atoms with van der Waals surface area (Å²) in [7, 11) is 0. The van der Waals surface area contributed by atoms with Crippen molar-refractivity contribution < 1.29 is 9.59 Å². The van der Waals surface area contributed by atoms with E-state index in [0.29, 0.717) is 11.1 Å². The SMILES string of the molecule is O=C(NCCl)c1cccc(C(=O)NCCl)c1. The van der Waals surface area contributed by atoms with Crippen molar-refractivity contribution in [3.8, 4) is 0 Å². The molecule has 2 amide bonds. The van der Waals surface area contributed by atoms with Crippen molar-refractivity contribution >= 4 is 35.0 Å². The summed E-state index contributed by atoms with van der Waals surface area (Å²) in [4.78, 5) is 22.8. The minimum Gasteiger partial charge on any atom is -0.339 e. The molecule has 2 N–H and O–H groups in total. The highest BCUT2D eigenvalue weighted by Gasteiger charge is 2.08. The molecule has 0 heterocycles. The van der Waals surface area contributed by atoms with E-state index in [-0.39, 0.29) is 23.8 Å². The third-order valence-electron chi connectivity index (χ3n) is 1.84. The Morgan fingerprint density at radius 3 is 1.81 bits per heavy atom. The van der Waals surface area contributed by atoms with Crippen LogP contribution in [0.15, 0.2) is 24.3 Å². The van der Waals surface area contributed by atoms with E-state index in [4.69, 9.17) is 23.2 Å². The third kappa shape index (κ3) is 3.40. The van der Waals surface area contributed by atoms with Gasteiger partial charge in [-0.3, -0.25) is 9.59 Å². The fraction of sp³-hybridized carbons (Fsp3) is 0.200. The van der Waals surface area contributed by atoms with E-state index in [1.807, 2.05) is 0 Å². The number of halogens is 2. The lowest BCUT2D eigenvalue weighted by Crippen LogP contribution is -2.24. The van der Waals surface area contributed by atoms with Crippen molar-refractivity contribution in [1.82, 2.24) is 10.6 Å². The molecule has 6 heteroatoms. The van der Waals surface area contributed by atoms with Crippen molar-refractivity contribution in [2.24, 2.45) is 0 Å². The molecular weight excluding hydrogens is 251 g/mol. The van der Waals surface area contributed by atoms with Crippen LogP contribution >= 0.6 is 23.2 Å². The van der Waals surface area contributed by atoms with E-state index in [0.717, 1.165) is 0 Å². The van der Waals surface area contributed by atoms with Crippen LogP contribution in [0.4, 0.5) is 0 Å². The van der Waals surface area contributed by atoms with E-state index in [1.54, 1.807) is 18.2 Å². The zero-order chi connectivity index (χ0) is 12.0. The number of alkyl halides is 2. The minimum atomic E-state index is -0.324. The van der Waals surface area contributed by atoms with Gasteiger partial charge in [-0.1, -0.05) is 6.07 Å². The van der Waals surface area contributed by atoms with E-state index < -0.39 is 0 Å². The molecule has 16 heavy (non-hydrogen) atoms. The normalized spacial score (nSPS) is 9.62. The summed E-state index contributed by atoms with van der Waals surface area (Å²) >= 11 is 10.7. The molecule has 0 saturated carbocycles. The number of nitrogens with one attached hydrogen (secondary N) is 2. The molecule has 1 aromatic rings. The van der Waals surface area contributed by atoms with Crippen LogP contribution in [0.25, 0.3) is 0 Å². The van der Waals surface area contributed by atoms with Crippen molar-refractivity contribution in [2.75, 3.05) is 12.0 Å². The Kier molecular flexibility index (Phi) is 5.08. The summed E-state index contributed by atoms with van der Waals surface area (Å²) in [5.74, 6) is -0.647. The Hall–Kier alpha value is -1.26. The average molecular weight is 261 g/mol. The predicted octanol–water partition coefficient (Wildman–Crippen LogP) is 1.54. The smallest absolute Gasteiger partial charge is 0.252 e. The standard InChI is InChI=1S/C10H10Cl2N2O2/c11-5-13-9(15)7-2-1-3-8(4-7)10(16)14-6-12/h1-4H,5-6H2,(H,13,15)(H,14,16). The maximum Gasteiger partial charge on any atom is 0.252 e. The lowest BCUT2D eigenvalue weighted by atomic mass is 10.1. The van der Waals surface area contributed by atoms with Gasteiger partial charge in [0.15, 0.2) is 0 Å². The molecule has 4 nitrogen and oxygen atoms in total. The second-order valence-corrected chi connectivity index (χ2v) is 3.39. The molecule has 0 atom stereocenters. The van der Waals surface area contributed by atoms with Crippen LogP contribution in [0.3, 0.4) is 0 Å². The first-order valence-electron chi connectivity index (χ1n) is 4.47. The van der Waals surface area contributed by atoms with Crippen LogP contribution in [0.5, 0.6) is 0 Å². The number of hydrogen-bond acceptors (Lipinski definition) is 2. The Bertz CT molecular complexity index is 363. The molecular formula is C10H10Cl2N2O2.